The highest BCUT2D eigenvalue weighted by Gasteiger charge is 2.22. The Kier molecular flexibility index (Phi) is 6.23. The summed E-state index contributed by atoms with van der Waals surface area (Å²) in [4.78, 5) is 0. The Hall–Kier alpha value is -0.380. The summed E-state index contributed by atoms with van der Waals surface area (Å²) in [5.74, 6) is 1.51. The summed E-state index contributed by atoms with van der Waals surface area (Å²) < 4.78 is 0.348. The molecule has 0 aliphatic carbocycles. The molecule has 96 valence electrons. The predicted molar refractivity (Wildman–Crippen MR) is 73.3 cm³/mol. The normalized spacial score (nSPS) is 14.2. The van der Waals surface area contributed by atoms with E-state index in [1.165, 1.54) is 12.2 Å². The molecule has 0 aliphatic heterocycles. The standard InChI is InChI=1S/C12H26N2OS/c1-11(2,3)16-9-7-6-8-12(4,5)10(13)14-15/h15H,6-9H2,1-5H3,(H2,13,14). The van der Waals surface area contributed by atoms with Gasteiger partial charge in [0.05, 0.1) is 0 Å². The van der Waals surface area contributed by atoms with Crippen molar-refractivity contribution >= 4 is 17.6 Å². The van der Waals surface area contributed by atoms with Crippen LogP contribution in [0, 0.1) is 5.41 Å². The molecule has 4 heteroatoms. The summed E-state index contributed by atoms with van der Waals surface area (Å²) >= 11 is 1.99. The molecule has 0 bridgehead atoms. The Morgan fingerprint density at radius 1 is 1.19 bits per heavy atom. The Morgan fingerprint density at radius 3 is 2.19 bits per heavy atom. The number of nitrogens with zero attached hydrogens (tertiary/aromatic N) is 1. The zero-order valence-corrected chi connectivity index (χ0v) is 12.0. The van der Waals surface area contributed by atoms with Gasteiger partial charge in [-0.25, -0.2) is 0 Å². The number of amidine groups is 1. The maximum Gasteiger partial charge on any atom is 0.144 e. The van der Waals surface area contributed by atoms with E-state index >= 15 is 0 Å². The van der Waals surface area contributed by atoms with Crippen molar-refractivity contribution in [1.82, 2.24) is 0 Å². The van der Waals surface area contributed by atoms with Crippen LogP contribution >= 0.6 is 11.8 Å². The zero-order chi connectivity index (χ0) is 12.8. The molecular weight excluding hydrogens is 220 g/mol. The van der Waals surface area contributed by atoms with Gasteiger partial charge >= 0.3 is 0 Å². The van der Waals surface area contributed by atoms with Crippen LogP contribution in [0.15, 0.2) is 5.16 Å². The van der Waals surface area contributed by atoms with Crippen LogP contribution in [-0.2, 0) is 0 Å². The Balaban J connectivity index is 3.75. The fourth-order valence-electron chi connectivity index (χ4n) is 1.31. The van der Waals surface area contributed by atoms with Crippen LogP contribution in [0.3, 0.4) is 0 Å². The summed E-state index contributed by atoms with van der Waals surface area (Å²) in [5.41, 5.74) is 5.44. The number of hydrogen-bond acceptors (Lipinski definition) is 3. The first-order valence-corrected chi connectivity index (χ1v) is 6.79. The van der Waals surface area contributed by atoms with Crippen LogP contribution in [0.25, 0.3) is 0 Å². The molecule has 16 heavy (non-hydrogen) atoms. The van der Waals surface area contributed by atoms with E-state index in [4.69, 9.17) is 10.9 Å². The van der Waals surface area contributed by atoms with Crippen molar-refractivity contribution in [3.63, 3.8) is 0 Å². The van der Waals surface area contributed by atoms with Gasteiger partial charge in [0.1, 0.15) is 5.84 Å². The van der Waals surface area contributed by atoms with Crippen molar-refractivity contribution in [2.75, 3.05) is 5.75 Å². The van der Waals surface area contributed by atoms with Gasteiger partial charge in [-0.05, 0) is 18.6 Å². The Labute approximate surface area is 104 Å². The molecule has 0 saturated carbocycles. The maximum absolute atomic E-state index is 8.64. The van der Waals surface area contributed by atoms with Gasteiger partial charge in [0.15, 0.2) is 0 Å². The average Bonchev–Trinajstić information content (AvgIpc) is 2.14. The molecule has 0 rings (SSSR count). The van der Waals surface area contributed by atoms with E-state index in [1.54, 1.807) is 0 Å². The lowest BCUT2D eigenvalue weighted by atomic mass is 9.86. The van der Waals surface area contributed by atoms with Gasteiger partial charge in [-0.2, -0.15) is 11.8 Å². The van der Waals surface area contributed by atoms with Gasteiger partial charge in [-0.15, -0.1) is 0 Å². The summed E-state index contributed by atoms with van der Waals surface area (Å²) in [7, 11) is 0. The number of nitrogens with two attached hydrogens (primary N) is 1. The van der Waals surface area contributed by atoms with Gasteiger partial charge in [-0.3, -0.25) is 0 Å². The molecule has 0 aromatic rings. The molecule has 0 saturated heterocycles. The minimum Gasteiger partial charge on any atom is -0.409 e. The quantitative estimate of drug-likeness (QED) is 0.248. The molecule has 0 spiro atoms. The van der Waals surface area contributed by atoms with E-state index in [2.05, 4.69) is 25.9 Å². The summed E-state index contributed by atoms with van der Waals surface area (Å²) in [6.45, 7) is 10.7. The van der Waals surface area contributed by atoms with E-state index in [0.717, 1.165) is 12.8 Å². The van der Waals surface area contributed by atoms with Crippen LogP contribution in [0.1, 0.15) is 53.9 Å². The third-order valence-corrected chi connectivity index (χ3v) is 3.89. The van der Waals surface area contributed by atoms with Crippen molar-refractivity contribution in [3.05, 3.63) is 0 Å². The second-order valence-corrected chi connectivity index (χ2v) is 7.71. The Bertz CT molecular complexity index is 232. The largest absolute Gasteiger partial charge is 0.409 e. The number of thioether (sulfide) groups is 1. The fourth-order valence-corrected chi connectivity index (χ4v) is 2.27. The molecule has 0 amide bonds. The highest BCUT2D eigenvalue weighted by molar-refractivity contribution is 8.00. The van der Waals surface area contributed by atoms with Crippen molar-refractivity contribution < 1.29 is 5.21 Å². The third-order valence-electron chi connectivity index (χ3n) is 2.53. The van der Waals surface area contributed by atoms with E-state index < -0.39 is 0 Å². The van der Waals surface area contributed by atoms with Crippen LogP contribution in [0.2, 0.25) is 0 Å². The zero-order valence-electron chi connectivity index (χ0n) is 11.2. The molecule has 3 nitrogen and oxygen atoms in total. The third kappa shape index (κ3) is 6.99. The molecule has 0 atom stereocenters. The molecule has 3 N–H and O–H groups in total. The lowest BCUT2D eigenvalue weighted by molar-refractivity contribution is 0.304. The predicted octanol–water partition coefficient (Wildman–Crippen LogP) is 3.46. The minimum absolute atomic E-state index is 0.193. The summed E-state index contributed by atoms with van der Waals surface area (Å²) in [6, 6.07) is 0. The first kappa shape index (κ1) is 15.6. The van der Waals surface area contributed by atoms with Crippen molar-refractivity contribution in [3.8, 4) is 0 Å². The van der Waals surface area contributed by atoms with Crippen LogP contribution in [0.5, 0.6) is 0 Å². The fraction of sp³-hybridized carbons (Fsp3) is 0.917. The molecule has 0 aliphatic rings. The van der Waals surface area contributed by atoms with Gasteiger partial charge in [0.2, 0.25) is 0 Å². The van der Waals surface area contributed by atoms with Crippen molar-refractivity contribution in [2.24, 2.45) is 16.3 Å². The lowest BCUT2D eigenvalue weighted by Crippen LogP contribution is -2.31. The monoisotopic (exact) mass is 246 g/mol. The first-order valence-electron chi connectivity index (χ1n) is 5.81. The van der Waals surface area contributed by atoms with E-state index in [1.807, 2.05) is 25.6 Å². The lowest BCUT2D eigenvalue weighted by Gasteiger charge is -2.23. The van der Waals surface area contributed by atoms with Crippen molar-refractivity contribution in [1.29, 1.82) is 0 Å². The van der Waals surface area contributed by atoms with Gasteiger partial charge < -0.3 is 10.9 Å². The summed E-state index contributed by atoms with van der Waals surface area (Å²) in [6.07, 6.45) is 3.27. The van der Waals surface area contributed by atoms with E-state index in [0.29, 0.717) is 10.6 Å². The molecule has 0 aromatic carbocycles. The highest BCUT2D eigenvalue weighted by Crippen LogP contribution is 2.27. The molecule has 0 unspecified atom stereocenters. The molecule has 0 fully saturated rings. The number of unbranched alkanes of at least 4 members (excludes halogenated alkanes) is 1. The molecule has 0 heterocycles. The molecule has 0 aromatic heterocycles. The van der Waals surface area contributed by atoms with Crippen LogP contribution in [-0.4, -0.2) is 21.5 Å². The maximum atomic E-state index is 8.64. The van der Waals surface area contributed by atoms with Crippen LogP contribution in [0.4, 0.5) is 0 Å². The SMILES string of the molecule is CC(C)(C)SCCCCC(C)(C)C(N)=NO. The first-order chi connectivity index (χ1) is 7.19. The highest BCUT2D eigenvalue weighted by atomic mass is 32.2. The average molecular weight is 246 g/mol. The van der Waals surface area contributed by atoms with E-state index in [-0.39, 0.29) is 5.41 Å². The topological polar surface area (TPSA) is 58.6 Å². The number of oxime groups is 1. The Morgan fingerprint density at radius 2 is 1.75 bits per heavy atom. The molecule has 0 radical (unpaired) electrons. The molecular formula is C12H26N2OS. The van der Waals surface area contributed by atoms with Gasteiger partial charge in [-0.1, -0.05) is 46.2 Å². The number of rotatable bonds is 6. The second kappa shape index (κ2) is 6.38. The minimum atomic E-state index is -0.193. The van der Waals surface area contributed by atoms with Gasteiger partial charge in [0, 0.05) is 10.2 Å². The number of hydrogen-bond donors (Lipinski definition) is 2. The van der Waals surface area contributed by atoms with Crippen molar-refractivity contribution in [2.45, 2.75) is 58.6 Å². The van der Waals surface area contributed by atoms with Crippen LogP contribution < -0.4 is 5.73 Å². The van der Waals surface area contributed by atoms with E-state index in [9.17, 15) is 0 Å². The summed E-state index contributed by atoms with van der Waals surface area (Å²) in [5, 5.41) is 11.7. The second-order valence-electron chi connectivity index (χ2n) is 5.79. The van der Waals surface area contributed by atoms with Gasteiger partial charge in [0.25, 0.3) is 0 Å². The smallest absolute Gasteiger partial charge is 0.144 e.